The molecule has 148 valence electrons. The summed E-state index contributed by atoms with van der Waals surface area (Å²) in [6.45, 7) is -0.147. The normalized spacial score (nSPS) is 10.2. The van der Waals surface area contributed by atoms with Crippen LogP contribution in [-0.2, 0) is 20.9 Å². The highest BCUT2D eigenvalue weighted by atomic mass is 16.6. The molecule has 0 saturated carbocycles. The van der Waals surface area contributed by atoms with E-state index in [-0.39, 0.29) is 36.7 Å². The van der Waals surface area contributed by atoms with Crippen molar-refractivity contribution in [1.82, 2.24) is 10.2 Å². The Balaban J connectivity index is 1.67. The molecule has 1 heterocycles. The Morgan fingerprint density at radius 3 is 2.54 bits per heavy atom. The number of carbonyl (C=O) groups excluding carboxylic acids is 3. The molecule has 0 fully saturated rings. The molecule has 1 aromatic heterocycles. The van der Waals surface area contributed by atoms with Gasteiger partial charge in [0.2, 0.25) is 0 Å². The number of likely N-dealkylation sites (N-methyl/N-ethyl adjacent to an activating group) is 1. The molecule has 1 aromatic carbocycles. The number of rotatable bonds is 9. The maximum absolute atomic E-state index is 11.9. The number of furan rings is 1. The fourth-order valence-electron chi connectivity index (χ4n) is 2.16. The monoisotopic (exact) mass is 389 g/mol. The summed E-state index contributed by atoms with van der Waals surface area (Å²) >= 11 is 0. The van der Waals surface area contributed by atoms with E-state index in [2.05, 4.69) is 5.32 Å². The summed E-state index contributed by atoms with van der Waals surface area (Å²) in [6.07, 6.45) is 1.38. The van der Waals surface area contributed by atoms with Gasteiger partial charge in [0, 0.05) is 31.3 Å². The van der Waals surface area contributed by atoms with E-state index in [0.29, 0.717) is 5.76 Å². The fraction of sp³-hybridized carbons (Fsp3) is 0.278. The first-order valence-corrected chi connectivity index (χ1v) is 8.31. The quantitative estimate of drug-likeness (QED) is 0.390. The van der Waals surface area contributed by atoms with Gasteiger partial charge in [-0.05, 0) is 24.3 Å². The molecule has 0 aliphatic carbocycles. The number of nitro benzene ring substituents is 1. The van der Waals surface area contributed by atoms with Gasteiger partial charge in [-0.1, -0.05) is 0 Å². The van der Waals surface area contributed by atoms with E-state index in [0.717, 1.165) is 0 Å². The van der Waals surface area contributed by atoms with Crippen LogP contribution < -0.4 is 5.32 Å². The van der Waals surface area contributed by atoms with Crippen molar-refractivity contribution in [2.75, 3.05) is 20.2 Å². The van der Waals surface area contributed by atoms with Gasteiger partial charge in [0.1, 0.15) is 5.76 Å². The highest BCUT2D eigenvalue weighted by Gasteiger charge is 2.14. The number of carbonyl (C=O) groups is 3. The molecule has 10 heteroatoms. The molecule has 2 aromatic rings. The smallest absolute Gasteiger partial charge is 0.308 e. The third kappa shape index (κ3) is 6.24. The molecule has 0 saturated heterocycles. The zero-order valence-corrected chi connectivity index (χ0v) is 15.1. The number of nitro groups is 1. The van der Waals surface area contributed by atoms with Crippen molar-refractivity contribution in [2.45, 2.75) is 13.0 Å². The van der Waals surface area contributed by atoms with Crippen LogP contribution in [0.4, 0.5) is 5.69 Å². The number of benzene rings is 1. The topological polar surface area (TPSA) is 132 Å². The van der Waals surface area contributed by atoms with Crippen LogP contribution in [0.25, 0.3) is 0 Å². The maximum atomic E-state index is 11.9. The highest BCUT2D eigenvalue weighted by Crippen LogP contribution is 2.11. The summed E-state index contributed by atoms with van der Waals surface area (Å²) in [5.74, 6) is -0.892. The summed E-state index contributed by atoms with van der Waals surface area (Å²) in [5.41, 5.74) is 0.107. The third-order valence-corrected chi connectivity index (χ3v) is 3.71. The minimum Gasteiger partial charge on any atom is -0.467 e. The minimum atomic E-state index is -0.635. The van der Waals surface area contributed by atoms with Crippen molar-refractivity contribution >= 4 is 23.5 Å². The highest BCUT2D eigenvalue weighted by molar-refractivity contribution is 5.94. The summed E-state index contributed by atoms with van der Waals surface area (Å²) in [5, 5.41) is 13.1. The number of non-ortho nitro benzene ring substituents is 1. The van der Waals surface area contributed by atoms with Gasteiger partial charge in [-0.2, -0.15) is 0 Å². The molecular weight excluding hydrogens is 370 g/mol. The van der Waals surface area contributed by atoms with Crippen LogP contribution >= 0.6 is 0 Å². The molecule has 2 rings (SSSR count). The van der Waals surface area contributed by atoms with Crippen molar-refractivity contribution in [1.29, 1.82) is 0 Å². The number of esters is 1. The molecular formula is C18H19N3O7. The average Bonchev–Trinajstić information content (AvgIpc) is 3.19. The van der Waals surface area contributed by atoms with Crippen LogP contribution in [-0.4, -0.2) is 47.8 Å². The maximum Gasteiger partial charge on any atom is 0.308 e. The summed E-state index contributed by atoms with van der Waals surface area (Å²) < 4.78 is 10.0. The first-order chi connectivity index (χ1) is 13.4. The van der Waals surface area contributed by atoms with Crippen LogP contribution in [0, 0.1) is 10.1 Å². The Morgan fingerprint density at radius 1 is 1.21 bits per heavy atom. The number of ether oxygens (including phenoxy) is 1. The van der Waals surface area contributed by atoms with E-state index in [1.807, 2.05) is 0 Å². The molecule has 2 amide bonds. The SMILES string of the molecule is CN(Cc1ccco1)C(=O)COC(=O)CCNC(=O)c1ccc([N+](=O)[O-])cc1. The van der Waals surface area contributed by atoms with E-state index < -0.39 is 23.4 Å². The zero-order chi connectivity index (χ0) is 20.5. The predicted octanol–water partition coefficient (Wildman–Crippen LogP) is 1.51. The molecule has 0 radical (unpaired) electrons. The summed E-state index contributed by atoms with van der Waals surface area (Å²) in [6, 6.07) is 8.50. The summed E-state index contributed by atoms with van der Waals surface area (Å²) in [7, 11) is 1.56. The van der Waals surface area contributed by atoms with Crippen LogP contribution in [0.1, 0.15) is 22.5 Å². The lowest BCUT2D eigenvalue weighted by molar-refractivity contribution is -0.384. The van der Waals surface area contributed by atoms with Crippen LogP contribution in [0.15, 0.2) is 47.1 Å². The van der Waals surface area contributed by atoms with E-state index in [1.165, 1.54) is 35.4 Å². The Kier molecular flexibility index (Phi) is 7.26. The predicted molar refractivity (Wildman–Crippen MR) is 96.2 cm³/mol. The van der Waals surface area contributed by atoms with Gasteiger partial charge < -0.3 is 19.4 Å². The molecule has 1 N–H and O–H groups in total. The largest absolute Gasteiger partial charge is 0.467 e. The fourth-order valence-corrected chi connectivity index (χ4v) is 2.16. The average molecular weight is 389 g/mol. The van der Waals surface area contributed by atoms with E-state index in [1.54, 1.807) is 19.2 Å². The minimum absolute atomic E-state index is 0.00504. The van der Waals surface area contributed by atoms with Crippen molar-refractivity contribution < 1.29 is 28.5 Å². The van der Waals surface area contributed by atoms with Crippen LogP contribution in [0.5, 0.6) is 0 Å². The lowest BCUT2D eigenvalue weighted by atomic mass is 10.2. The van der Waals surface area contributed by atoms with Crippen molar-refractivity contribution in [3.05, 3.63) is 64.1 Å². The van der Waals surface area contributed by atoms with E-state index in [9.17, 15) is 24.5 Å². The molecule has 28 heavy (non-hydrogen) atoms. The number of nitrogens with zero attached hydrogens (tertiary/aromatic N) is 2. The molecule has 0 spiro atoms. The molecule has 10 nitrogen and oxygen atoms in total. The molecule has 0 bridgehead atoms. The Bertz CT molecular complexity index is 831. The second kappa shape index (κ2) is 9.86. The van der Waals surface area contributed by atoms with Gasteiger partial charge >= 0.3 is 5.97 Å². The second-order valence-corrected chi connectivity index (χ2v) is 5.80. The Hall–Kier alpha value is -3.69. The lowest BCUT2D eigenvalue weighted by Crippen LogP contribution is -2.31. The Labute approximate surface area is 160 Å². The second-order valence-electron chi connectivity index (χ2n) is 5.80. The van der Waals surface area contributed by atoms with Crippen LogP contribution in [0.3, 0.4) is 0 Å². The van der Waals surface area contributed by atoms with Gasteiger partial charge in [0.05, 0.1) is 24.2 Å². The standard InChI is InChI=1S/C18H19N3O7/c1-20(11-15-3-2-10-27-15)16(22)12-28-17(23)8-9-19-18(24)13-4-6-14(7-5-13)21(25)26/h2-7,10H,8-9,11-12H2,1H3,(H,19,24). The van der Waals surface area contributed by atoms with E-state index >= 15 is 0 Å². The first kappa shape index (κ1) is 20.6. The first-order valence-electron chi connectivity index (χ1n) is 8.31. The van der Waals surface area contributed by atoms with Crippen molar-refractivity contribution in [3.8, 4) is 0 Å². The van der Waals surface area contributed by atoms with Crippen molar-refractivity contribution in [2.24, 2.45) is 0 Å². The van der Waals surface area contributed by atoms with Gasteiger partial charge in [-0.3, -0.25) is 24.5 Å². The summed E-state index contributed by atoms with van der Waals surface area (Å²) in [4.78, 5) is 46.9. The van der Waals surface area contributed by atoms with Gasteiger partial charge in [-0.25, -0.2) is 0 Å². The zero-order valence-electron chi connectivity index (χ0n) is 15.1. The molecule has 0 aliphatic rings. The van der Waals surface area contributed by atoms with Crippen LogP contribution in [0.2, 0.25) is 0 Å². The number of nitrogens with one attached hydrogen (secondary N) is 1. The lowest BCUT2D eigenvalue weighted by Gasteiger charge is -2.15. The number of hydrogen-bond donors (Lipinski definition) is 1. The van der Waals surface area contributed by atoms with Crippen molar-refractivity contribution in [3.63, 3.8) is 0 Å². The third-order valence-electron chi connectivity index (χ3n) is 3.71. The van der Waals surface area contributed by atoms with E-state index in [4.69, 9.17) is 9.15 Å². The molecule has 0 atom stereocenters. The van der Waals surface area contributed by atoms with Gasteiger partial charge in [0.25, 0.3) is 17.5 Å². The number of amides is 2. The van der Waals surface area contributed by atoms with Gasteiger partial charge in [-0.15, -0.1) is 0 Å². The molecule has 0 unspecified atom stereocenters. The van der Waals surface area contributed by atoms with Gasteiger partial charge in [0.15, 0.2) is 6.61 Å². The molecule has 0 aliphatic heterocycles. The number of hydrogen-bond acceptors (Lipinski definition) is 7. The Morgan fingerprint density at radius 2 is 1.93 bits per heavy atom.